The summed E-state index contributed by atoms with van der Waals surface area (Å²) in [5.41, 5.74) is 0. The van der Waals surface area contributed by atoms with Crippen LogP contribution in [0.25, 0.3) is 0 Å². The van der Waals surface area contributed by atoms with E-state index in [4.69, 9.17) is 5.11 Å². The number of benzene rings is 1. The summed E-state index contributed by atoms with van der Waals surface area (Å²) in [5.74, 6) is -13.8. The number of hydrogen-bond donors (Lipinski definition) is 1. The molecule has 0 aliphatic rings. The van der Waals surface area contributed by atoms with Gasteiger partial charge < -0.3 is 14.3 Å². The van der Waals surface area contributed by atoms with E-state index >= 15 is 0 Å². The van der Waals surface area contributed by atoms with E-state index in [1.807, 2.05) is 0 Å². The SMILES string of the molecule is C[N+](C)(CCO)CCCC(=O)Oc1c(F)c(F)c(F)c(F)c1F. The topological polar surface area (TPSA) is 46.5 Å². The smallest absolute Gasteiger partial charge is 0.311 e. The fraction of sp³-hybridized carbons (Fsp3) is 0.500. The Hall–Kier alpha value is -1.74. The Labute approximate surface area is 129 Å². The third-order valence-corrected chi connectivity index (χ3v) is 3.24. The second-order valence-corrected chi connectivity index (χ2v) is 5.58. The van der Waals surface area contributed by atoms with Crippen molar-refractivity contribution in [2.24, 2.45) is 0 Å². The number of carbonyl (C=O) groups is 1. The van der Waals surface area contributed by atoms with E-state index in [1.54, 1.807) is 14.1 Å². The molecular formula is C14H17F5NO3+. The molecule has 0 saturated carbocycles. The Morgan fingerprint density at radius 2 is 1.43 bits per heavy atom. The first kappa shape index (κ1) is 19.3. The average Bonchev–Trinajstić information content (AvgIpc) is 2.47. The van der Waals surface area contributed by atoms with Crippen molar-refractivity contribution in [1.29, 1.82) is 0 Å². The van der Waals surface area contributed by atoms with Gasteiger partial charge in [0.2, 0.25) is 34.8 Å². The molecule has 4 nitrogen and oxygen atoms in total. The van der Waals surface area contributed by atoms with Gasteiger partial charge in [0.15, 0.2) is 0 Å². The summed E-state index contributed by atoms with van der Waals surface area (Å²) < 4.78 is 70.1. The maximum atomic E-state index is 13.3. The van der Waals surface area contributed by atoms with Crippen LogP contribution in [0.2, 0.25) is 0 Å². The van der Waals surface area contributed by atoms with Gasteiger partial charge in [-0.3, -0.25) is 4.79 Å². The summed E-state index contributed by atoms with van der Waals surface area (Å²) in [4.78, 5) is 11.5. The number of esters is 1. The van der Waals surface area contributed by atoms with E-state index in [2.05, 4.69) is 4.74 Å². The normalized spacial score (nSPS) is 11.7. The summed E-state index contributed by atoms with van der Waals surface area (Å²) in [6.45, 7) is 0.835. The molecule has 0 bridgehead atoms. The fourth-order valence-corrected chi connectivity index (χ4v) is 1.87. The Bertz CT molecular complexity index is 563. The minimum Gasteiger partial charge on any atom is -0.420 e. The Balaban J connectivity index is 2.73. The number of likely N-dealkylation sites (N-methyl/N-ethyl adjacent to an activating group) is 1. The lowest BCUT2D eigenvalue weighted by Gasteiger charge is -2.28. The monoisotopic (exact) mass is 342 g/mol. The number of quaternary nitrogens is 1. The molecule has 0 heterocycles. The second-order valence-electron chi connectivity index (χ2n) is 5.58. The molecule has 1 aromatic rings. The highest BCUT2D eigenvalue weighted by molar-refractivity contribution is 5.72. The zero-order valence-electron chi connectivity index (χ0n) is 12.6. The van der Waals surface area contributed by atoms with Crippen molar-refractivity contribution < 1.29 is 41.1 Å². The molecule has 0 atom stereocenters. The number of aliphatic hydroxyl groups excluding tert-OH is 1. The number of rotatable bonds is 7. The van der Waals surface area contributed by atoms with Crippen LogP contribution in [0, 0.1) is 29.1 Å². The molecule has 0 unspecified atom stereocenters. The number of aliphatic hydroxyl groups is 1. The first-order valence-corrected chi connectivity index (χ1v) is 6.75. The molecule has 0 aromatic heterocycles. The first-order chi connectivity index (χ1) is 10.6. The van der Waals surface area contributed by atoms with Crippen molar-refractivity contribution in [2.45, 2.75) is 12.8 Å². The van der Waals surface area contributed by atoms with E-state index in [0.29, 0.717) is 17.6 Å². The summed E-state index contributed by atoms with van der Waals surface area (Å²) in [7, 11) is 3.59. The maximum Gasteiger partial charge on any atom is 0.311 e. The second kappa shape index (κ2) is 7.69. The predicted molar refractivity (Wildman–Crippen MR) is 70.0 cm³/mol. The summed E-state index contributed by atoms with van der Waals surface area (Å²) >= 11 is 0. The highest BCUT2D eigenvalue weighted by Crippen LogP contribution is 2.29. The lowest BCUT2D eigenvalue weighted by molar-refractivity contribution is -0.890. The molecule has 0 saturated heterocycles. The van der Waals surface area contributed by atoms with Gasteiger partial charge in [-0.1, -0.05) is 0 Å². The molecule has 130 valence electrons. The lowest BCUT2D eigenvalue weighted by Crippen LogP contribution is -2.42. The van der Waals surface area contributed by atoms with Gasteiger partial charge in [-0.15, -0.1) is 0 Å². The molecule has 0 radical (unpaired) electrons. The lowest BCUT2D eigenvalue weighted by atomic mass is 10.2. The van der Waals surface area contributed by atoms with Crippen LogP contribution in [-0.4, -0.2) is 49.4 Å². The van der Waals surface area contributed by atoms with E-state index in [-0.39, 0.29) is 19.4 Å². The van der Waals surface area contributed by atoms with Crippen molar-refractivity contribution in [3.63, 3.8) is 0 Å². The first-order valence-electron chi connectivity index (χ1n) is 6.75. The molecule has 0 amide bonds. The highest BCUT2D eigenvalue weighted by atomic mass is 19.2. The number of carbonyl (C=O) groups excluding carboxylic acids is 1. The standard InChI is InChI=1S/C14H17F5NO3/c1-20(2,6-7-21)5-3-4-8(22)23-14-12(18)10(16)9(15)11(17)13(14)19/h21H,3-7H2,1-2H3/q+1. The Morgan fingerprint density at radius 1 is 0.957 bits per heavy atom. The zero-order valence-corrected chi connectivity index (χ0v) is 12.6. The molecule has 0 aliphatic carbocycles. The number of nitrogens with zero attached hydrogens (tertiary/aromatic N) is 1. The van der Waals surface area contributed by atoms with Crippen LogP contribution in [0.4, 0.5) is 22.0 Å². The third-order valence-electron chi connectivity index (χ3n) is 3.24. The van der Waals surface area contributed by atoms with Crippen molar-refractivity contribution >= 4 is 5.97 Å². The maximum absolute atomic E-state index is 13.3. The van der Waals surface area contributed by atoms with Gasteiger partial charge in [0.25, 0.3) is 0 Å². The van der Waals surface area contributed by atoms with E-state index in [1.165, 1.54) is 0 Å². The fourth-order valence-electron chi connectivity index (χ4n) is 1.87. The van der Waals surface area contributed by atoms with Crippen LogP contribution in [0.1, 0.15) is 12.8 Å². The number of ether oxygens (including phenoxy) is 1. The molecule has 1 N–H and O–H groups in total. The van der Waals surface area contributed by atoms with Crippen LogP contribution in [0.5, 0.6) is 5.75 Å². The minimum atomic E-state index is -2.32. The molecule has 23 heavy (non-hydrogen) atoms. The average molecular weight is 342 g/mol. The van der Waals surface area contributed by atoms with Gasteiger partial charge in [-0.25, -0.2) is 13.2 Å². The quantitative estimate of drug-likeness (QED) is 0.206. The summed E-state index contributed by atoms with van der Waals surface area (Å²) in [5, 5.41) is 8.85. The molecule has 1 aromatic carbocycles. The Kier molecular flexibility index (Phi) is 6.46. The molecule has 9 heteroatoms. The number of hydrogen-bond acceptors (Lipinski definition) is 3. The van der Waals surface area contributed by atoms with Crippen LogP contribution in [-0.2, 0) is 4.79 Å². The van der Waals surface area contributed by atoms with Gasteiger partial charge >= 0.3 is 5.97 Å². The van der Waals surface area contributed by atoms with Crippen LogP contribution in [0.3, 0.4) is 0 Å². The van der Waals surface area contributed by atoms with Crippen LogP contribution >= 0.6 is 0 Å². The van der Waals surface area contributed by atoms with E-state index in [9.17, 15) is 26.7 Å². The van der Waals surface area contributed by atoms with Gasteiger partial charge in [-0.05, 0) is 0 Å². The zero-order chi connectivity index (χ0) is 17.8. The number of halogens is 5. The van der Waals surface area contributed by atoms with Crippen molar-refractivity contribution in [1.82, 2.24) is 0 Å². The Morgan fingerprint density at radius 3 is 1.91 bits per heavy atom. The van der Waals surface area contributed by atoms with Crippen molar-refractivity contribution in [3.8, 4) is 5.75 Å². The van der Waals surface area contributed by atoms with Gasteiger partial charge in [0.05, 0.1) is 33.7 Å². The summed E-state index contributed by atoms with van der Waals surface area (Å²) in [6.07, 6.45) is -0.0200. The molecule has 0 spiro atoms. The van der Waals surface area contributed by atoms with Gasteiger partial charge in [-0.2, -0.15) is 8.78 Å². The molecular weight excluding hydrogens is 325 g/mol. The molecule has 0 fully saturated rings. The van der Waals surface area contributed by atoms with Crippen LogP contribution < -0.4 is 4.74 Å². The molecule has 1 rings (SSSR count). The predicted octanol–water partition coefficient (Wildman–Crippen LogP) is 2.14. The van der Waals surface area contributed by atoms with Crippen molar-refractivity contribution in [2.75, 3.05) is 33.8 Å². The van der Waals surface area contributed by atoms with E-state index in [0.717, 1.165) is 0 Å². The van der Waals surface area contributed by atoms with Gasteiger partial charge in [0, 0.05) is 6.42 Å². The van der Waals surface area contributed by atoms with Crippen molar-refractivity contribution in [3.05, 3.63) is 29.1 Å². The van der Waals surface area contributed by atoms with E-state index < -0.39 is 40.8 Å². The summed E-state index contributed by atoms with van der Waals surface area (Å²) in [6, 6.07) is 0. The largest absolute Gasteiger partial charge is 0.420 e. The minimum absolute atomic E-state index is 0.0536. The van der Waals surface area contributed by atoms with Gasteiger partial charge in [0.1, 0.15) is 6.54 Å². The molecule has 0 aliphatic heterocycles. The van der Waals surface area contributed by atoms with Crippen LogP contribution in [0.15, 0.2) is 0 Å². The highest BCUT2D eigenvalue weighted by Gasteiger charge is 2.28. The third kappa shape index (κ3) is 4.87.